The van der Waals surface area contributed by atoms with Gasteiger partial charge < -0.3 is 15.1 Å². The van der Waals surface area contributed by atoms with Crippen LogP contribution in [0.5, 0.6) is 0 Å². The van der Waals surface area contributed by atoms with Crippen molar-refractivity contribution in [2.45, 2.75) is 45.1 Å². The van der Waals surface area contributed by atoms with E-state index in [1.807, 2.05) is 18.2 Å². The zero-order chi connectivity index (χ0) is 17.6. The van der Waals surface area contributed by atoms with Gasteiger partial charge in [0.05, 0.1) is 10.7 Å². The van der Waals surface area contributed by atoms with Gasteiger partial charge in [-0.2, -0.15) is 0 Å². The van der Waals surface area contributed by atoms with E-state index in [2.05, 4.69) is 22.0 Å². The second-order valence-corrected chi connectivity index (χ2v) is 7.85. The molecule has 0 bridgehead atoms. The molecule has 1 aromatic carbocycles. The molecule has 2 heterocycles. The van der Waals surface area contributed by atoms with Crippen molar-refractivity contribution < 1.29 is 4.79 Å². The number of hydrogen-bond donors (Lipinski definition) is 1. The fourth-order valence-corrected chi connectivity index (χ4v) is 4.32. The number of likely N-dealkylation sites (tertiary alicyclic amines) is 2. The van der Waals surface area contributed by atoms with Crippen LogP contribution in [0, 0.1) is 5.92 Å². The number of carbonyl (C=O) groups excluding carboxylic acids is 1. The molecule has 1 amide bonds. The highest BCUT2D eigenvalue weighted by Crippen LogP contribution is 2.26. The average Bonchev–Trinajstić information content (AvgIpc) is 3.16. The second kappa shape index (κ2) is 9.02. The molecule has 0 aliphatic carbocycles. The minimum absolute atomic E-state index is 0.0423. The lowest BCUT2D eigenvalue weighted by Crippen LogP contribution is -2.43. The Labute approximate surface area is 156 Å². The molecule has 0 saturated carbocycles. The number of benzene rings is 1. The third kappa shape index (κ3) is 5.19. The first-order valence-electron chi connectivity index (χ1n) is 9.64. The molecule has 0 spiro atoms. The Kier molecular flexibility index (Phi) is 6.74. The number of halogens is 1. The van der Waals surface area contributed by atoms with Crippen molar-refractivity contribution in [2.75, 3.05) is 38.0 Å². The molecular weight excluding hydrogens is 334 g/mol. The molecule has 1 unspecified atom stereocenters. The maximum Gasteiger partial charge on any atom is 0.225 e. The van der Waals surface area contributed by atoms with E-state index in [-0.39, 0.29) is 5.91 Å². The molecule has 0 aromatic heterocycles. The van der Waals surface area contributed by atoms with Crippen molar-refractivity contribution in [3.8, 4) is 0 Å². The summed E-state index contributed by atoms with van der Waals surface area (Å²) in [6, 6.07) is 8.10. The molecule has 3 rings (SSSR count). The summed E-state index contributed by atoms with van der Waals surface area (Å²) in [6.45, 7) is 8.03. The molecular formula is C20H30ClN3O. The Morgan fingerprint density at radius 3 is 2.56 bits per heavy atom. The largest absolute Gasteiger partial charge is 0.325 e. The molecule has 5 heteroatoms. The van der Waals surface area contributed by atoms with Crippen molar-refractivity contribution in [3.05, 3.63) is 29.3 Å². The Balaban J connectivity index is 1.37. The number of hydrogen-bond acceptors (Lipinski definition) is 3. The first kappa shape index (κ1) is 18.7. The second-order valence-electron chi connectivity index (χ2n) is 7.44. The number of rotatable bonds is 6. The summed E-state index contributed by atoms with van der Waals surface area (Å²) >= 11 is 6.09. The standard InChI is InChI=1S/C20H30ClN3O/c1-16(24-11-4-5-12-24)17-8-13-23(14-9-17)15-10-20(25)22-19-7-3-2-6-18(19)21/h2-3,6-7,16-17H,4-5,8-15H2,1H3,(H,22,25). The Morgan fingerprint density at radius 2 is 1.88 bits per heavy atom. The number of para-hydroxylation sites is 1. The highest BCUT2D eigenvalue weighted by atomic mass is 35.5. The quantitative estimate of drug-likeness (QED) is 0.833. The van der Waals surface area contributed by atoms with Crippen molar-refractivity contribution in [2.24, 2.45) is 5.92 Å². The lowest BCUT2D eigenvalue weighted by molar-refractivity contribution is -0.116. The van der Waals surface area contributed by atoms with E-state index >= 15 is 0 Å². The molecule has 2 fully saturated rings. The zero-order valence-corrected chi connectivity index (χ0v) is 16.0. The monoisotopic (exact) mass is 363 g/mol. The van der Waals surface area contributed by atoms with Gasteiger partial charge in [-0.25, -0.2) is 0 Å². The van der Waals surface area contributed by atoms with Gasteiger partial charge in [0.15, 0.2) is 0 Å². The van der Waals surface area contributed by atoms with E-state index in [0.29, 0.717) is 23.2 Å². The number of anilines is 1. The van der Waals surface area contributed by atoms with Crippen LogP contribution in [0.25, 0.3) is 0 Å². The molecule has 1 aromatic rings. The van der Waals surface area contributed by atoms with E-state index in [1.54, 1.807) is 6.07 Å². The summed E-state index contributed by atoms with van der Waals surface area (Å²) in [4.78, 5) is 17.2. The smallest absolute Gasteiger partial charge is 0.225 e. The number of carbonyl (C=O) groups is 1. The molecule has 25 heavy (non-hydrogen) atoms. The molecule has 2 aliphatic heterocycles. The molecule has 4 nitrogen and oxygen atoms in total. The van der Waals surface area contributed by atoms with Crippen LogP contribution in [0.15, 0.2) is 24.3 Å². The molecule has 1 N–H and O–H groups in total. The maximum atomic E-state index is 12.2. The van der Waals surface area contributed by atoms with Crippen LogP contribution in [-0.4, -0.2) is 54.5 Å². The van der Waals surface area contributed by atoms with Crippen LogP contribution >= 0.6 is 11.6 Å². The van der Waals surface area contributed by atoms with Crippen molar-refractivity contribution in [3.63, 3.8) is 0 Å². The Bertz CT molecular complexity index is 566. The molecule has 2 saturated heterocycles. The van der Waals surface area contributed by atoms with E-state index in [9.17, 15) is 4.79 Å². The minimum atomic E-state index is 0.0423. The summed E-state index contributed by atoms with van der Waals surface area (Å²) in [5.41, 5.74) is 0.701. The summed E-state index contributed by atoms with van der Waals surface area (Å²) < 4.78 is 0. The van der Waals surface area contributed by atoms with Gasteiger partial charge in [-0.05, 0) is 76.8 Å². The molecule has 138 valence electrons. The van der Waals surface area contributed by atoms with Crippen LogP contribution in [0.2, 0.25) is 5.02 Å². The predicted molar refractivity (Wildman–Crippen MR) is 104 cm³/mol. The topological polar surface area (TPSA) is 35.6 Å². The Morgan fingerprint density at radius 1 is 1.20 bits per heavy atom. The summed E-state index contributed by atoms with van der Waals surface area (Å²) in [5, 5.41) is 3.50. The first-order chi connectivity index (χ1) is 12.1. The van der Waals surface area contributed by atoms with Gasteiger partial charge in [-0.1, -0.05) is 23.7 Å². The predicted octanol–water partition coefficient (Wildman–Crippen LogP) is 3.86. The van der Waals surface area contributed by atoms with E-state index in [0.717, 1.165) is 25.6 Å². The van der Waals surface area contributed by atoms with Crippen LogP contribution in [0.4, 0.5) is 5.69 Å². The van der Waals surface area contributed by atoms with Crippen molar-refractivity contribution in [1.29, 1.82) is 0 Å². The maximum absolute atomic E-state index is 12.2. The third-order valence-electron chi connectivity index (χ3n) is 5.83. The fraction of sp³-hybridized carbons (Fsp3) is 0.650. The van der Waals surface area contributed by atoms with Crippen LogP contribution in [-0.2, 0) is 4.79 Å². The summed E-state index contributed by atoms with van der Waals surface area (Å²) in [5.74, 6) is 0.854. The lowest BCUT2D eigenvalue weighted by atomic mass is 9.89. The van der Waals surface area contributed by atoms with E-state index in [1.165, 1.54) is 38.8 Å². The van der Waals surface area contributed by atoms with Gasteiger partial charge in [-0.15, -0.1) is 0 Å². The van der Waals surface area contributed by atoms with Gasteiger partial charge in [0.2, 0.25) is 5.91 Å². The fourth-order valence-electron chi connectivity index (χ4n) is 4.14. The SMILES string of the molecule is CC(C1CCN(CCC(=O)Nc2ccccc2Cl)CC1)N1CCCC1. The molecule has 1 atom stereocenters. The van der Waals surface area contributed by atoms with E-state index in [4.69, 9.17) is 11.6 Å². The van der Waals surface area contributed by atoms with Crippen molar-refractivity contribution in [1.82, 2.24) is 9.80 Å². The lowest BCUT2D eigenvalue weighted by Gasteiger charge is -2.38. The summed E-state index contributed by atoms with van der Waals surface area (Å²) in [6.07, 6.45) is 5.76. The van der Waals surface area contributed by atoms with Gasteiger partial charge >= 0.3 is 0 Å². The Hall–Kier alpha value is -1.10. The van der Waals surface area contributed by atoms with Gasteiger partial charge in [0.1, 0.15) is 0 Å². The normalized spacial score (nSPS) is 21.4. The molecule has 0 radical (unpaired) electrons. The average molecular weight is 364 g/mol. The number of nitrogens with one attached hydrogen (secondary N) is 1. The third-order valence-corrected chi connectivity index (χ3v) is 6.16. The van der Waals surface area contributed by atoms with Gasteiger partial charge in [0.25, 0.3) is 0 Å². The van der Waals surface area contributed by atoms with Gasteiger partial charge in [0, 0.05) is 19.0 Å². The number of nitrogens with zero attached hydrogens (tertiary/aromatic N) is 2. The van der Waals surface area contributed by atoms with Gasteiger partial charge in [-0.3, -0.25) is 4.79 Å². The summed E-state index contributed by atoms with van der Waals surface area (Å²) in [7, 11) is 0. The van der Waals surface area contributed by atoms with E-state index < -0.39 is 0 Å². The molecule has 2 aliphatic rings. The number of piperidine rings is 1. The first-order valence-corrected chi connectivity index (χ1v) is 10.0. The zero-order valence-electron chi connectivity index (χ0n) is 15.2. The van der Waals surface area contributed by atoms with Crippen molar-refractivity contribution >= 4 is 23.2 Å². The van der Waals surface area contributed by atoms with Crippen LogP contribution in [0.3, 0.4) is 0 Å². The highest BCUT2D eigenvalue weighted by Gasteiger charge is 2.28. The highest BCUT2D eigenvalue weighted by molar-refractivity contribution is 6.33. The van der Waals surface area contributed by atoms with Crippen LogP contribution < -0.4 is 5.32 Å². The minimum Gasteiger partial charge on any atom is -0.325 e. The number of amides is 1. The van der Waals surface area contributed by atoms with Crippen LogP contribution in [0.1, 0.15) is 39.0 Å².